The molecule has 267 valence electrons. The van der Waals surface area contributed by atoms with Gasteiger partial charge < -0.3 is 29.9 Å². The second kappa shape index (κ2) is 11.8. The van der Waals surface area contributed by atoms with Crippen LogP contribution in [0, 0.1) is 5.41 Å². The van der Waals surface area contributed by atoms with E-state index >= 15 is 13.2 Å². The molecule has 5 heterocycles. The van der Waals surface area contributed by atoms with Gasteiger partial charge in [0.15, 0.2) is 0 Å². The standard InChI is InChI=1S/C41H31F3N8.Cu/c1-38(2)14-6-22-23(7-15-38)31-45-30(22)46-32-24-8-16-39(3,42)18-10-26(24)34(48-32)50-36-28-12-20-41(5,44)21-13-29(28)37(52-36)51-35-27-11-19-40(4,43)17-9-25(27)33(47-31)49-35;/h6-21H,1-5H3;/q-2;+2. The topological polar surface area (TPSA) is 106 Å². The third-order valence-electron chi connectivity index (χ3n) is 9.60. The van der Waals surface area contributed by atoms with Gasteiger partial charge in [0.25, 0.3) is 0 Å². The smallest absolute Gasteiger partial charge is 0.357 e. The van der Waals surface area contributed by atoms with Crippen LogP contribution in [-0.4, -0.2) is 46.9 Å². The Morgan fingerprint density at radius 3 is 0.906 bits per heavy atom. The van der Waals surface area contributed by atoms with E-state index in [0.717, 1.165) is 11.1 Å². The van der Waals surface area contributed by atoms with Crippen molar-refractivity contribution in [3.8, 4) is 0 Å². The summed E-state index contributed by atoms with van der Waals surface area (Å²) in [7, 11) is 0. The van der Waals surface area contributed by atoms with Crippen molar-refractivity contribution in [1.82, 2.24) is 39.9 Å². The Hall–Kier alpha value is -5.45. The van der Waals surface area contributed by atoms with Gasteiger partial charge in [0, 0.05) is 50.3 Å². The van der Waals surface area contributed by atoms with E-state index in [4.69, 9.17) is 39.9 Å². The first-order chi connectivity index (χ1) is 24.6. The van der Waals surface area contributed by atoms with Crippen molar-refractivity contribution in [3.63, 3.8) is 0 Å². The van der Waals surface area contributed by atoms with Gasteiger partial charge in [-0.15, -0.1) is 0 Å². The number of fused-ring (bicyclic) bond motifs is 18. The Morgan fingerprint density at radius 1 is 0.377 bits per heavy atom. The molecule has 0 N–H and O–H groups in total. The van der Waals surface area contributed by atoms with E-state index in [1.54, 1.807) is 36.5 Å². The van der Waals surface area contributed by atoms with Gasteiger partial charge in [-0.2, -0.15) is 0 Å². The average molecular weight is 756 g/mol. The second-order valence-corrected chi connectivity index (χ2v) is 14.7. The second-order valence-electron chi connectivity index (χ2n) is 14.7. The third-order valence-corrected chi connectivity index (χ3v) is 9.60. The quantitative estimate of drug-likeness (QED) is 0.211. The van der Waals surface area contributed by atoms with E-state index in [9.17, 15) is 0 Å². The molecule has 0 spiro atoms. The van der Waals surface area contributed by atoms with Crippen molar-refractivity contribution in [2.24, 2.45) is 5.41 Å². The summed E-state index contributed by atoms with van der Waals surface area (Å²) in [5, 5.41) is 0. The number of rotatable bonds is 0. The van der Waals surface area contributed by atoms with Crippen LogP contribution in [0.1, 0.15) is 80.2 Å². The van der Waals surface area contributed by atoms with Crippen LogP contribution in [-0.2, 0) is 17.1 Å². The molecule has 0 aromatic carbocycles. The molecule has 0 saturated heterocycles. The number of aromatic nitrogens is 8. The van der Waals surface area contributed by atoms with Crippen LogP contribution in [0.25, 0.3) is 69.2 Å². The van der Waals surface area contributed by atoms with Crippen LogP contribution < -0.4 is 9.97 Å². The molecule has 6 aliphatic rings. The minimum absolute atomic E-state index is 0. The number of hydrogen-bond donors (Lipinski definition) is 0. The van der Waals surface area contributed by atoms with E-state index in [0.29, 0.717) is 45.0 Å². The van der Waals surface area contributed by atoms with Crippen LogP contribution in [0.15, 0.2) is 72.9 Å². The third kappa shape index (κ3) is 6.15. The fraction of sp³-hybridized carbons (Fsp3) is 0.220. The molecule has 9 rings (SSSR count). The van der Waals surface area contributed by atoms with E-state index in [1.165, 1.54) is 57.2 Å². The molecule has 2 aliphatic heterocycles. The maximum atomic E-state index is 15.4. The van der Waals surface area contributed by atoms with Gasteiger partial charge in [0.05, 0.1) is 23.3 Å². The molecule has 1 radical (unpaired) electrons. The molecule has 8 nitrogen and oxygen atoms in total. The van der Waals surface area contributed by atoms with Gasteiger partial charge in [-0.3, -0.25) is 0 Å². The Balaban J connectivity index is 0.00000400. The van der Waals surface area contributed by atoms with Crippen molar-refractivity contribution in [3.05, 3.63) is 118 Å². The largest absolute Gasteiger partial charge is 2.00 e. The van der Waals surface area contributed by atoms with Crippen LogP contribution in [0.4, 0.5) is 13.2 Å². The van der Waals surface area contributed by atoms with Gasteiger partial charge in [-0.1, -0.05) is 74.6 Å². The summed E-state index contributed by atoms with van der Waals surface area (Å²) in [6.07, 6.45) is 26.5. The number of hydrogen-bond acceptors (Lipinski definition) is 6. The van der Waals surface area contributed by atoms with Crippen LogP contribution in [0.5, 0.6) is 0 Å². The molecule has 0 fully saturated rings. The predicted molar refractivity (Wildman–Crippen MR) is 199 cm³/mol. The van der Waals surface area contributed by atoms with Crippen molar-refractivity contribution in [2.45, 2.75) is 51.6 Å². The zero-order valence-corrected chi connectivity index (χ0v) is 30.2. The summed E-state index contributed by atoms with van der Waals surface area (Å²) in [5.41, 5.74) is 0.202. The van der Waals surface area contributed by atoms with Crippen molar-refractivity contribution < 1.29 is 30.2 Å². The molecular weight excluding hydrogens is 725 g/mol. The van der Waals surface area contributed by atoms with E-state index < -0.39 is 17.0 Å². The van der Waals surface area contributed by atoms with Gasteiger partial charge >= 0.3 is 17.1 Å². The zero-order valence-electron chi connectivity index (χ0n) is 29.3. The zero-order chi connectivity index (χ0) is 36.2. The van der Waals surface area contributed by atoms with Crippen LogP contribution in [0.2, 0.25) is 0 Å². The Morgan fingerprint density at radius 2 is 0.623 bits per heavy atom. The first kappa shape index (κ1) is 34.6. The first-order valence-electron chi connectivity index (χ1n) is 16.9. The fourth-order valence-electron chi connectivity index (χ4n) is 6.54. The number of allylic oxidation sites excluding steroid dienone is 16. The molecule has 4 aliphatic carbocycles. The van der Waals surface area contributed by atoms with Gasteiger partial charge in [0.2, 0.25) is 0 Å². The minimum atomic E-state index is -1.75. The predicted octanol–water partition coefficient (Wildman–Crippen LogP) is 8.51. The number of nitrogens with zero attached hydrogens (tertiary/aromatic N) is 8. The maximum Gasteiger partial charge on any atom is 2.00 e. The number of alkyl halides is 3. The van der Waals surface area contributed by atoms with Crippen LogP contribution >= 0.6 is 0 Å². The molecule has 12 heteroatoms. The summed E-state index contributed by atoms with van der Waals surface area (Å²) < 4.78 is 46.1. The Bertz CT molecular complexity index is 2290. The molecule has 0 saturated carbocycles. The molecule has 53 heavy (non-hydrogen) atoms. The number of halogens is 3. The van der Waals surface area contributed by atoms with E-state index in [2.05, 4.69) is 26.0 Å². The van der Waals surface area contributed by atoms with Crippen molar-refractivity contribution >= 4 is 69.2 Å². The Kier molecular flexibility index (Phi) is 7.70. The normalized spacial score (nSPS) is 26.0. The summed E-state index contributed by atoms with van der Waals surface area (Å²) >= 11 is 0. The van der Waals surface area contributed by atoms with Crippen molar-refractivity contribution in [1.29, 1.82) is 0 Å². The fourth-order valence-corrected chi connectivity index (χ4v) is 6.54. The molecule has 2 atom stereocenters. The monoisotopic (exact) mass is 755 g/mol. The van der Waals surface area contributed by atoms with Gasteiger partial charge in [-0.05, 0) is 79.5 Å². The summed E-state index contributed by atoms with van der Waals surface area (Å²) in [6.45, 7) is 8.52. The van der Waals surface area contributed by atoms with Crippen molar-refractivity contribution in [2.75, 3.05) is 0 Å². The summed E-state index contributed by atoms with van der Waals surface area (Å²) in [6, 6.07) is 0. The Labute approximate surface area is 313 Å². The maximum absolute atomic E-state index is 15.4. The van der Waals surface area contributed by atoms with Crippen LogP contribution in [0.3, 0.4) is 0 Å². The van der Waals surface area contributed by atoms with Gasteiger partial charge in [0.1, 0.15) is 17.0 Å². The molecule has 0 amide bonds. The molecule has 3 aromatic heterocycles. The molecular formula is C41H31CuF3N8. The first-order valence-corrected chi connectivity index (χ1v) is 16.9. The average Bonchev–Trinajstić information content (AvgIpc) is 3.62. The van der Waals surface area contributed by atoms with E-state index in [-0.39, 0.29) is 56.7 Å². The van der Waals surface area contributed by atoms with E-state index in [1.807, 2.05) is 12.2 Å². The molecule has 3 aromatic rings. The summed E-state index contributed by atoms with van der Waals surface area (Å²) in [5.74, 6) is 1.15. The minimum Gasteiger partial charge on any atom is -0.357 e. The molecule has 8 bridgehead atoms. The molecule has 2 unspecified atom stereocenters. The summed E-state index contributed by atoms with van der Waals surface area (Å²) in [4.78, 5) is 39.2. The van der Waals surface area contributed by atoms with Gasteiger partial charge in [-0.25, -0.2) is 23.1 Å². The SMILES string of the molecule is CC1(C)C=CC2=C(C=C1)c1nc2nc2[n-]c(nc3nc(nc4[n-]c(n1)c1c4C=CC(C)(F)C=C1)C1=C3C=CC(C)(F)C=C1)c1c2C=CC(C)(F)C=C1.[Cu+2].